The van der Waals surface area contributed by atoms with E-state index in [9.17, 15) is 9.59 Å². The predicted molar refractivity (Wildman–Crippen MR) is 77.3 cm³/mol. The van der Waals surface area contributed by atoms with Crippen molar-refractivity contribution in [1.29, 1.82) is 0 Å². The lowest BCUT2D eigenvalue weighted by Crippen LogP contribution is -2.43. The van der Waals surface area contributed by atoms with E-state index < -0.39 is 11.5 Å². The smallest absolute Gasteiger partial charge is 0.320 e. The molecule has 1 spiro atoms. The Morgan fingerprint density at radius 3 is 2.71 bits per heavy atom. The molecule has 0 amide bonds. The first kappa shape index (κ1) is 14.6. The van der Waals surface area contributed by atoms with Crippen molar-refractivity contribution in [2.24, 2.45) is 22.7 Å². The molecule has 2 aliphatic carbocycles. The average molecular weight is 292 g/mol. The zero-order chi connectivity index (χ0) is 15.4. The van der Waals surface area contributed by atoms with Crippen molar-refractivity contribution in [2.75, 3.05) is 6.61 Å². The van der Waals surface area contributed by atoms with E-state index in [-0.39, 0.29) is 29.9 Å². The van der Waals surface area contributed by atoms with E-state index in [0.717, 1.165) is 24.8 Å². The molecule has 1 heterocycles. The normalized spacial score (nSPS) is 45.6. The summed E-state index contributed by atoms with van der Waals surface area (Å²) in [6.45, 7) is 10.2. The third-order valence-electron chi connectivity index (χ3n) is 6.30. The van der Waals surface area contributed by atoms with Crippen LogP contribution in [0.15, 0.2) is 12.2 Å². The quantitative estimate of drug-likeness (QED) is 0.551. The molecule has 1 aliphatic heterocycles. The van der Waals surface area contributed by atoms with Gasteiger partial charge in [0.2, 0.25) is 0 Å². The number of ether oxygens (including phenoxy) is 2. The molecular weight excluding hydrogens is 268 g/mol. The van der Waals surface area contributed by atoms with Gasteiger partial charge in [0.1, 0.15) is 18.1 Å². The van der Waals surface area contributed by atoms with Gasteiger partial charge in [-0.15, -0.1) is 0 Å². The number of carbonyl (C=O) groups is 2. The summed E-state index contributed by atoms with van der Waals surface area (Å²) >= 11 is 0. The first-order chi connectivity index (χ1) is 9.82. The van der Waals surface area contributed by atoms with Crippen molar-refractivity contribution in [3.63, 3.8) is 0 Å². The molecule has 5 atom stereocenters. The maximum Gasteiger partial charge on any atom is 0.320 e. The number of fused-ring (bicyclic) bond motifs is 1. The van der Waals surface area contributed by atoms with Gasteiger partial charge in [0.15, 0.2) is 0 Å². The second-order valence-corrected chi connectivity index (χ2v) is 7.30. The second kappa shape index (κ2) is 4.59. The Morgan fingerprint density at radius 1 is 1.43 bits per heavy atom. The van der Waals surface area contributed by atoms with E-state index in [1.807, 2.05) is 0 Å². The second-order valence-electron chi connectivity index (χ2n) is 7.30. The van der Waals surface area contributed by atoms with Gasteiger partial charge < -0.3 is 9.47 Å². The Labute approximate surface area is 125 Å². The largest absolute Gasteiger partial charge is 0.461 e. The van der Waals surface area contributed by atoms with Crippen LogP contribution in [0.25, 0.3) is 0 Å². The maximum absolute atomic E-state index is 12.5. The lowest BCUT2D eigenvalue weighted by Gasteiger charge is -2.42. The molecule has 2 saturated carbocycles. The summed E-state index contributed by atoms with van der Waals surface area (Å²) in [5, 5.41) is 0. The molecule has 0 aromatic carbocycles. The minimum Gasteiger partial charge on any atom is -0.461 e. The zero-order valence-corrected chi connectivity index (χ0v) is 13.1. The fourth-order valence-electron chi connectivity index (χ4n) is 4.95. The number of esters is 2. The summed E-state index contributed by atoms with van der Waals surface area (Å²) < 4.78 is 10.9. The van der Waals surface area contributed by atoms with Gasteiger partial charge in [-0.2, -0.15) is 0 Å². The topological polar surface area (TPSA) is 52.6 Å². The van der Waals surface area contributed by atoms with Crippen LogP contribution in [0.2, 0.25) is 0 Å². The average Bonchev–Trinajstić information content (AvgIpc) is 2.83. The van der Waals surface area contributed by atoms with Crippen LogP contribution >= 0.6 is 0 Å². The van der Waals surface area contributed by atoms with Crippen molar-refractivity contribution in [3.8, 4) is 0 Å². The van der Waals surface area contributed by atoms with Crippen LogP contribution in [-0.2, 0) is 19.1 Å². The molecule has 21 heavy (non-hydrogen) atoms. The van der Waals surface area contributed by atoms with Crippen LogP contribution in [0.1, 0.15) is 46.5 Å². The van der Waals surface area contributed by atoms with Gasteiger partial charge in [-0.05, 0) is 29.7 Å². The van der Waals surface area contributed by atoms with Crippen LogP contribution in [0.3, 0.4) is 0 Å². The zero-order valence-electron chi connectivity index (χ0n) is 13.1. The van der Waals surface area contributed by atoms with E-state index >= 15 is 0 Å². The SMILES string of the molecule is C=C1COC(=O)[C@]12C[C@@]1(C)[C@H](CCC[C@@H]1C)[C@@H]2OC(C)=O. The summed E-state index contributed by atoms with van der Waals surface area (Å²) in [6.07, 6.45) is 3.57. The summed E-state index contributed by atoms with van der Waals surface area (Å²) in [4.78, 5) is 24.1. The Kier molecular flexibility index (Phi) is 3.19. The molecule has 3 fully saturated rings. The van der Waals surface area contributed by atoms with Crippen molar-refractivity contribution in [2.45, 2.75) is 52.6 Å². The Bertz CT molecular complexity index is 493. The molecule has 0 N–H and O–H groups in total. The highest BCUT2D eigenvalue weighted by Gasteiger charge is 2.69. The van der Waals surface area contributed by atoms with Crippen LogP contribution in [0.5, 0.6) is 0 Å². The highest BCUT2D eigenvalue weighted by atomic mass is 16.6. The fourth-order valence-corrected chi connectivity index (χ4v) is 4.95. The van der Waals surface area contributed by atoms with Gasteiger partial charge in [-0.1, -0.05) is 33.3 Å². The van der Waals surface area contributed by atoms with E-state index in [1.54, 1.807) is 0 Å². The highest BCUT2D eigenvalue weighted by Crippen LogP contribution is 2.65. The molecule has 116 valence electrons. The van der Waals surface area contributed by atoms with Crippen LogP contribution in [-0.4, -0.2) is 24.6 Å². The molecule has 0 radical (unpaired) electrons. The molecule has 0 unspecified atom stereocenters. The first-order valence-corrected chi connectivity index (χ1v) is 7.85. The van der Waals surface area contributed by atoms with E-state index in [4.69, 9.17) is 9.47 Å². The van der Waals surface area contributed by atoms with Gasteiger partial charge in [0.25, 0.3) is 0 Å². The Balaban J connectivity index is 2.09. The van der Waals surface area contributed by atoms with Gasteiger partial charge >= 0.3 is 11.9 Å². The molecule has 0 aromatic heterocycles. The number of cyclic esters (lactones) is 1. The number of rotatable bonds is 1. The van der Waals surface area contributed by atoms with E-state index in [1.165, 1.54) is 6.92 Å². The predicted octanol–water partition coefficient (Wildman–Crippen LogP) is 2.86. The molecule has 3 rings (SSSR count). The summed E-state index contributed by atoms with van der Waals surface area (Å²) in [5.74, 6) is 0.151. The molecule has 3 aliphatic rings. The summed E-state index contributed by atoms with van der Waals surface area (Å²) in [7, 11) is 0. The molecule has 4 heteroatoms. The molecule has 4 nitrogen and oxygen atoms in total. The third-order valence-corrected chi connectivity index (χ3v) is 6.30. The van der Waals surface area contributed by atoms with Crippen LogP contribution in [0, 0.1) is 22.7 Å². The lowest BCUT2D eigenvalue weighted by molar-refractivity contribution is -0.162. The minimum atomic E-state index is -0.816. The molecule has 1 saturated heterocycles. The molecular formula is C17H24O4. The van der Waals surface area contributed by atoms with Gasteiger partial charge in [0.05, 0.1) is 0 Å². The fraction of sp³-hybridized carbons (Fsp3) is 0.765. The Hall–Kier alpha value is -1.32. The third kappa shape index (κ3) is 1.80. The van der Waals surface area contributed by atoms with Crippen LogP contribution < -0.4 is 0 Å². The summed E-state index contributed by atoms with van der Waals surface area (Å²) in [5.41, 5.74) is -0.0319. The highest BCUT2D eigenvalue weighted by molar-refractivity contribution is 5.85. The van der Waals surface area contributed by atoms with Gasteiger partial charge in [-0.25, -0.2) is 0 Å². The summed E-state index contributed by atoms with van der Waals surface area (Å²) in [6, 6.07) is 0. The van der Waals surface area contributed by atoms with Crippen molar-refractivity contribution < 1.29 is 19.1 Å². The minimum absolute atomic E-state index is 0.00463. The Morgan fingerprint density at radius 2 is 2.14 bits per heavy atom. The van der Waals surface area contributed by atoms with Gasteiger partial charge in [0, 0.05) is 12.8 Å². The van der Waals surface area contributed by atoms with E-state index in [0.29, 0.717) is 12.3 Å². The van der Waals surface area contributed by atoms with Crippen molar-refractivity contribution >= 4 is 11.9 Å². The molecule has 0 aromatic rings. The number of hydrogen-bond donors (Lipinski definition) is 0. The monoisotopic (exact) mass is 292 g/mol. The van der Waals surface area contributed by atoms with Crippen molar-refractivity contribution in [3.05, 3.63) is 12.2 Å². The van der Waals surface area contributed by atoms with Crippen LogP contribution in [0.4, 0.5) is 0 Å². The maximum atomic E-state index is 12.5. The first-order valence-electron chi connectivity index (χ1n) is 7.85. The van der Waals surface area contributed by atoms with Gasteiger partial charge in [-0.3, -0.25) is 9.59 Å². The lowest BCUT2D eigenvalue weighted by atomic mass is 9.63. The van der Waals surface area contributed by atoms with E-state index in [2.05, 4.69) is 20.4 Å². The number of hydrogen-bond acceptors (Lipinski definition) is 4. The standard InChI is InChI=1S/C17H24O4/c1-10-6-5-7-13-14(21-12(3)18)17(9-16(10,13)4)11(2)8-20-15(17)19/h10,13-14H,2,5-9H2,1,3-4H3/t10-,13+,14-,16+,17+/m0/s1. The van der Waals surface area contributed by atoms with Crippen molar-refractivity contribution in [1.82, 2.24) is 0 Å². The molecule has 0 bridgehead atoms. The number of carbonyl (C=O) groups excluding carboxylic acids is 2.